The van der Waals surface area contributed by atoms with Gasteiger partial charge in [-0.3, -0.25) is 9.97 Å². The Morgan fingerprint density at radius 2 is 1.60 bits per heavy atom. The molecule has 0 bridgehead atoms. The van der Waals surface area contributed by atoms with Crippen LogP contribution >= 0.6 is 0 Å². The highest BCUT2D eigenvalue weighted by Gasteiger charge is 2.22. The van der Waals surface area contributed by atoms with E-state index in [1.807, 2.05) is 46.4 Å². The Morgan fingerprint density at radius 3 is 2.16 bits per heavy atom. The van der Waals surface area contributed by atoms with Crippen molar-refractivity contribution in [2.24, 2.45) is 5.92 Å². The summed E-state index contributed by atoms with van der Waals surface area (Å²) in [5.74, 6) is 1.54. The van der Waals surface area contributed by atoms with Crippen molar-refractivity contribution in [3.05, 3.63) is 41.2 Å². The fraction of sp³-hybridized carbons (Fsp3) is 0.579. The Bertz CT molecular complexity index is 669. The molecular formula is C19H28N6. The van der Waals surface area contributed by atoms with Crippen molar-refractivity contribution in [3.63, 3.8) is 0 Å². The van der Waals surface area contributed by atoms with E-state index in [4.69, 9.17) is 0 Å². The molecule has 134 valence electrons. The summed E-state index contributed by atoms with van der Waals surface area (Å²) in [6, 6.07) is 2.02. The van der Waals surface area contributed by atoms with Gasteiger partial charge >= 0.3 is 0 Å². The third-order valence-electron chi connectivity index (χ3n) is 4.60. The molecule has 3 rings (SSSR count). The van der Waals surface area contributed by atoms with E-state index in [-0.39, 0.29) is 0 Å². The third-order valence-corrected chi connectivity index (χ3v) is 4.60. The lowest BCUT2D eigenvalue weighted by Crippen LogP contribution is -2.35. The number of nitrogens with zero attached hydrogens (tertiary/aromatic N) is 6. The van der Waals surface area contributed by atoms with E-state index in [0.29, 0.717) is 5.92 Å². The molecule has 0 aliphatic carbocycles. The lowest BCUT2D eigenvalue weighted by atomic mass is 9.92. The molecule has 3 heterocycles. The van der Waals surface area contributed by atoms with Crippen molar-refractivity contribution < 1.29 is 0 Å². The van der Waals surface area contributed by atoms with E-state index >= 15 is 0 Å². The number of anilines is 1. The van der Waals surface area contributed by atoms with Crippen molar-refractivity contribution in [1.82, 2.24) is 24.8 Å². The van der Waals surface area contributed by atoms with Gasteiger partial charge in [0.15, 0.2) is 0 Å². The first-order valence-electron chi connectivity index (χ1n) is 9.01. The van der Waals surface area contributed by atoms with Gasteiger partial charge in [0.25, 0.3) is 0 Å². The number of hydrogen-bond acceptors (Lipinski definition) is 6. The van der Waals surface area contributed by atoms with E-state index in [9.17, 15) is 0 Å². The Balaban J connectivity index is 1.54. The Labute approximate surface area is 150 Å². The molecule has 1 aliphatic rings. The smallest absolute Gasteiger partial charge is 0.225 e. The van der Waals surface area contributed by atoms with Gasteiger partial charge in [-0.25, -0.2) is 9.97 Å². The molecule has 0 N–H and O–H groups in total. The van der Waals surface area contributed by atoms with Crippen molar-refractivity contribution in [1.29, 1.82) is 0 Å². The molecule has 0 radical (unpaired) electrons. The van der Waals surface area contributed by atoms with Crippen molar-refractivity contribution in [2.75, 3.05) is 32.1 Å². The van der Waals surface area contributed by atoms with E-state index in [1.54, 1.807) is 0 Å². The SMILES string of the molecule is Cc1cc(C)nc(N2CCC(Cc3cnc(CN(C)C)cn3)CC2)n1. The van der Waals surface area contributed by atoms with E-state index < -0.39 is 0 Å². The molecule has 6 heteroatoms. The van der Waals surface area contributed by atoms with Crippen LogP contribution < -0.4 is 4.90 Å². The number of aryl methyl sites for hydroxylation is 2. The standard InChI is InChI=1S/C19H28N6/c1-14-9-15(2)23-19(22-14)25-7-5-16(6-8-25)10-17-11-21-18(12-20-17)13-24(3)4/h9,11-12,16H,5-8,10,13H2,1-4H3. The van der Waals surface area contributed by atoms with Gasteiger partial charge in [0, 0.05) is 37.2 Å². The largest absolute Gasteiger partial charge is 0.341 e. The maximum atomic E-state index is 4.60. The van der Waals surface area contributed by atoms with E-state index in [2.05, 4.69) is 29.7 Å². The lowest BCUT2D eigenvalue weighted by Gasteiger charge is -2.32. The molecule has 1 fully saturated rings. The number of rotatable bonds is 5. The van der Waals surface area contributed by atoms with Crippen LogP contribution in [0, 0.1) is 19.8 Å². The summed E-state index contributed by atoms with van der Waals surface area (Å²) in [6.07, 6.45) is 7.16. The molecule has 2 aromatic heterocycles. The summed E-state index contributed by atoms with van der Waals surface area (Å²) < 4.78 is 0. The van der Waals surface area contributed by atoms with Gasteiger partial charge in [0.1, 0.15) is 0 Å². The fourth-order valence-corrected chi connectivity index (χ4v) is 3.37. The minimum absolute atomic E-state index is 0.663. The molecule has 0 spiro atoms. The highest BCUT2D eigenvalue weighted by Crippen LogP contribution is 2.23. The maximum Gasteiger partial charge on any atom is 0.225 e. The van der Waals surface area contributed by atoms with E-state index in [0.717, 1.165) is 67.6 Å². The van der Waals surface area contributed by atoms with Crippen LogP contribution in [0.1, 0.15) is 35.6 Å². The monoisotopic (exact) mass is 340 g/mol. The summed E-state index contributed by atoms with van der Waals surface area (Å²) in [4.78, 5) is 22.7. The average molecular weight is 340 g/mol. The van der Waals surface area contributed by atoms with Crippen LogP contribution in [-0.2, 0) is 13.0 Å². The second kappa shape index (κ2) is 7.87. The zero-order valence-electron chi connectivity index (χ0n) is 15.7. The normalized spacial score (nSPS) is 15.8. The Kier molecular flexibility index (Phi) is 5.58. The van der Waals surface area contributed by atoms with Crippen LogP contribution in [0.4, 0.5) is 5.95 Å². The van der Waals surface area contributed by atoms with Crippen molar-refractivity contribution >= 4 is 5.95 Å². The molecule has 0 atom stereocenters. The van der Waals surface area contributed by atoms with Gasteiger partial charge in [0.2, 0.25) is 5.95 Å². The molecule has 1 aliphatic heterocycles. The predicted octanol–water partition coefficient (Wildman–Crippen LogP) is 2.40. The first kappa shape index (κ1) is 17.7. The molecule has 0 saturated carbocycles. The Morgan fingerprint density at radius 1 is 1.00 bits per heavy atom. The van der Waals surface area contributed by atoms with Crippen LogP contribution in [0.2, 0.25) is 0 Å². The molecule has 0 amide bonds. The lowest BCUT2D eigenvalue weighted by molar-refractivity contribution is 0.390. The fourth-order valence-electron chi connectivity index (χ4n) is 3.37. The molecule has 0 aromatic carbocycles. The average Bonchev–Trinajstić information content (AvgIpc) is 2.56. The van der Waals surface area contributed by atoms with Gasteiger partial charge in [0.05, 0.1) is 17.6 Å². The first-order valence-corrected chi connectivity index (χ1v) is 9.01. The molecular weight excluding hydrogens is 312 g/mol. The molecule has 2 aromatic rings. The number of aromatic nitrogens is 4. The van der Waals surface area contributed by atoms with E-state index in [1.165, 1.54) is 0 Å². The van der Waals surface area contributed by atoms with Gasteiger partial charge in [-0.2, -0.15) is 0 Å². The van der Waals surface area contributed by atoms with Gasteiger partial charge < -0.3 is 9.80 Å². The van der Waals surface area contributed by atoms with Gasteiger partial charge in [-0.1, -0.05) is 0 Å². The summed E-state index contributed by atoms with van der Waals surface area (Å²) in [6.45, 7) is 6.92. The summed E-state index contributed by atoms with van der Waals surface area (Å²) >= 11 is 0. The van der Waals surface area contributed by atoms with Crippen LogP contribution in [-0.4, -0.2) is 52.0 Å². The highest BCUT2D eigenvalue weighted by atomic mass is 15.3. The predicted molar refractivity (Wildman–Crippen MR) is 99.6 cm³/mol. The topological polar surface area (TPSA) is 58.0 Å². The van der Waals surface area contributed by atoms with Crippen molar-refractivity contribution in [3.8, 4) is 0 Å². The third kappa shape index (κ3) is 4.95. The molecule has 1 saturated heterocycles. The maximum absolute atomic E-state index is 4.60. The van der Waals surface area contributed by atoms with Crippen LogP contribution in [0.3, 0.4) is 0 Å². The molecule has 0 unspecified atom stereocenters. The minimum atomic E-state index is 0.663. The highest BCUT2D eigenvalue weighted by molar-refractivity contribution is 5.32. The van der Waals surface area contributed by atoms with Crippen LogP contribution in [0.5, 0.6) is 0 Å². The summed E-state index contributed by atoms with van der Waals surface area (Å²) in [5, 5.41) is 0. The van der Waals surface area contributed by atoms with Crippen LogP contribution in [0.25, 0.3) is 0 Å². The second-order valence-corrected chi connectivity index (χ2v) is 7.32. The van der Waals surface area contributed by atoms with Crippen LogP contribution in [0.15, 0.2) is 18.5 Å². The second-order valence-electron chi connectivity index (χ2n) is 7.32. The first-order chi connectivity index (χ1) is 12.0. The zero-order valence-corrected chi connectivity index (χ0v) is 15.7. The van der Waals surface area contributed by atoms with Crippen molar-refractivity contribution in [2.45, 2.75) is 39.7 Å². The molecule has 25 heavy (non-hydrogen) atoms. The van der Waals surface area contributed by atoms with Gasteiger partial charge in [-0.05, 0) is 59.2 Å². The number of hydrogen-bond donors (Lipinski definition) is 0. The zero-order chi connectivity index (χ0) is 17.8. The van der Waals surface area contributed by atoms with Gasteiger partial charge in [-0.15, -0.1) is 0 Å². The number of piperidine rings is 1. The Hall–Kier alpha value is -2.08. The molecule has 6 nitrogen and oxygen atoms in total. The minimum Gasteiger partial charge on any atom is -0.341 e. The quantitative estimate of drug-likeness (QED) is 0.833. The summed E-state index contributed by atoms with van der Waals surface area (Å²) in [5.41, 5.74) is 4.20. The summed E-state index contributed by atoms with van der Waals surface area (Å²) in [7, 11) is 4.09.